The Bertz CT molecular complexity index is 1000. The van der Waals surface area contributed by atoms with Gasteiger partial charge in [0, 0.05) is 5.41 Å². The molecule has 0 aliphatic carbocycles. The maximum absolute atomic E-state index is 13.6. The molecular formula is C23H22FNO3. The highest BCUT2D eigenvalue weighted by molar-refractivity contribution is 5.97. The number of nitrogens with one attached hydrogen (secondary N) is 1. The Morgan fingerprint density at radius 3 is 2.18 bits per heavy atom. The molecule has 5 heteroatoms. The van der Waals surface area contributed by atoms with E-state index in [1.54, 1.807) is 18.2 Å². The summed E-state index contributed by atoms with van der Waals surface area (Å²) in [5.41, 5.74) is 1.72. The molecular weight excluding hydrogens is 357 g/mol. The molecule has 0 saturated carbocycles. The molecule has 0 radical (unpaired) electrons. The van der Waals surface area contributed by atoms with E-state index < -0.39 is 17.0 Å². The van der Waals surface area contributed by atoms with E-state index in [0.717, 1.165) is 5.56 Å². The average molecular weight is 379 g/mol. The molecule has 3 aromatic carbocycles. The summed E-state index contributed by atoms with van der Waals surface area (Å²) in [5, 5.41) is 22.3. The number of phenolic OH excluding ortho intramolecular Hbond substituents is 2. The third kappa shape index (κ3) is 4.31. The van der Waals surface area contributed by atoms with Crippen LogP contribution >= 0.6 is 0 Å². The molecule has 1 amide bonds. The number of rotatable bonds is 5. The predicted molar refractivity (Wildman–Crippen MR) is 108 cm³/mol. The van der Waals surface area contributed by atoms with Crippen LogP contribution in [0.2, 0.25) is 0 Å². The van der Waals surface area contributed by atoms with Gasteiger partial charge >= 0.3 is 0 Å². The second kappa shape index (κ2) is 7.72. The van der Waals surface area contributed by atoms with Gasteiger partial charge in [0.2, 0.25) is 5.91 Å². The van der Waals surface area contributed by atoms with E-state index in [1.165, 1.54) is 18.2 Å². The fraction of sp³-hybridized carbons (Fsp3) is 0.174. The van der Waals surface area contributed by atoms with Gasteiger partial charge in [-0.25, -0.2) is 4.39 Å². The van der Waals surface area contributed by atoms with Crippen LogP contribution < -0.4 is 5.32 Å². The third-order valence-corrected chi connectivity index (χ3v) is 4.63. The molecule has 28 heavy (non-hydrogen) atoms. The highest BCUT2D eigenvalue weighted by atomic mass is 19.1. The minimum atomic E-state index is -0.736. The third-order valence-electron chi connectivity index (χ3n) is 4.63. The zero-order valence-corrected chi connectivity index (χ0v) is 15.7. The van der Waals surface area contributed by atoms with E-state index in [-0.39, 0.29) is 17.3 Å². The van der Waals surface area contributed by atoms with E-state index in [1.807, 2.05) is 44.2 Å². The van der Waals surface area contributed by atoms with E-state index in [2.05, 4.69) is 5.32 Å². The summed E-state index contributed by atoms with van der Waals surface area (Å²) in [5.74, 6) is -1.48. The fourth-order valence-corrected chi connectivity index (χ4v) is 2.98. The molecule has 3 N–H and O–H groups in total. The van der Waals surface area contributed by atoms with Crippen molar-refractivity contribution in [1.29, 1.82) is 0 Å². The Morgan fingerprint density at radius 1 is 0.929 bits per heavy atom. The summed E-state index contributed by atoms with van der Waals surface area (Å²) in [6, 6.07) is 18.4. The van der Waals surface area contributed by atoms with Crippen LogP contribution in [0, 0.1) is 11.2 Å². The van der Waals surface area contributed by atoms with E-state index in [9.17, 15) is 19.4 Å². The molecule has 0 saturated heterocycles. The summed E-state index contributed by atoms with van der Waals surface area (Å²) in [6.07, 6.45) is 0.545. The summed E-state index contributed by atoms with van der Waals surface area (Å²) in [4.78, 5) is 12.8. The topological polar surface area (TPSA) is 69.6 Å². The lowest BCUT2D eigenvalue weighted by molar-refractivity contribution is -0.123. The number of amides is 1. The Balaban J connectivity index is 1.83. The monoisotopic (exact) mass is 379 g/mol. The Hall–Kier alpha value is -3.34. The van der Waals surface area contributed by atoms with Crippen LogP contribution in [0.3, 0.4) is 0 Å². The molecule has 4 nitrogen and oxygen atoms in total. The van der Waals surface area contributed by atoms with E-state index in [0.29, 0.717) is 17.5 Å². The molecule has 144 valence electrons. The highest BCUT2D eigenvalue weighted by Gasteiger charge is 2.28. The number of hydrogen-bond donors (Lipinski definition) is 3. The lowest BCUT2D eigenvalue weighted by Gasteiger charge is -2.24. The zero-order valence-electron chi connectivity index (χ0n) is 15.7. The maximum atomic E-state index is 13.6. The molecule has 0 aromatic heterocycles. The van der Waals surface area contributed by atoms with Crippen molar-refractivity contribution in [2.45, 2.75) is 20.3 Å². The SMILES string of the molecule is CC(C)(Cc1ccccc1)C(=O)Nc1cc(-c2ccc(O)c(F)c2)ccc1O. The average Bonchev–Trinajstić information content (AvgIpc) is 2.66. The highest BCUT2D eigenvalue weighted by Crippen LogP contribution is 2.33. The first-order valence-corrected chi connectivity index (χ1v) is 8.93. The quantitative estimate of drug-likeness (QED) is 0.540. The second-order valence-corrected chi connectivity index (χ2v) is 7.40. The predicted octanol–water partition coefficient (Wildman–Crippen LogP) is 5.11. The molecule has 0 aliphatic heterocycles. The molecule has 0 aliphatic rings. The number of phenols is 2. The van der Waals surface area contributed by atoms with Gasteiger partial charge in [0.25, 0.3) is 0 Å². The minimum absolute atomic E-state index is 0.0770. The molecule has 0 bridgehead atoms. The van der Waals surface area contributed by atoms with Crippen molar-refractivity contribution in [2.24, 2.45) is 5.41 Å². The van der Waals surface area contributed by atoms with Gasteiger partial charge in [0.05, 0.1) is 5.69 Å². The Morgan fingerprint density at radius 2 is 1.54 bits per heavy atom. The van der Waals surface area contributed by atoms with E-state index >= 15 is 0 Å². The van der Waals surface area contributed by atoms with Crippen LogP contribution in [-0.4, -0.2) is 16.1 Å². The first-order valence-electron chi connectivity index (χ1n) is 8.93. The number of aromatic hydroxyl groups is 2. The van der Waals surface area contributed by atoms with Crippen molar-refractivity contribution in [3.05, 3.63) is 78.1 Å². The number of hydrogen-bond acceptors (Lipinski definition) is 3. The summed E-state index contributed by atoms with van der Waals surface area (Å²) in [6.45, 7) is 3.68. The van der Waals surface area contributed by atoms with Crippen LogP contribution in [0.4, 0.5) is 10.1 Å². The Kier molecular flexibility index (Phi) is 5.36. The molecule has 0 spiro atoms. The van der Waals surface area contributed by atoms with Crippen LogP contribution in [0.25, 0.3) is 11.1 Å². The summed E-state index contributed by atoms with van der Waals surface area (Å²) >= 11 is 0. The molecule has 3 aromatic rings. The van der Waals surface area contributed by atoms with Crippen molar-refractivity contribution in [1.82, 2.24) is 0 Å². The summed E-state index contributed by atoms with van der Waals surface area (Å²) in [7, 11) is 0. The van der Waals surface area contributed by atoms with Gasteiger partial charge in [-0.3, -0.25) is 4.79 Å². The van der Waals surface area contributed by atoms with Gasteiger partial charge < -0.3 is 15.5 Å². The van der Waals surface area contributed by atoms with Gasteiger partial charge in [0.1, 0.15) is 5.75 Å². The van der Waals surface area contributed by atoms with Gasteiger partial charge in [-0.1, -0.05) is 56.3 Å². The summed E-state index contributed by atoms with van der Waals surface area (Å²) < 4.78 is 13.6. The zero-order chi connectivity index (χ0) is 20.3. The molecule has 3 rings (SSSR count). The van der Waals surface area contributed by atoms with Gasteiger partial charge in [-0.2, -0.15) is 0 Å². The number of halogens is 1. The number of carbonyl (C=O) groups is 1. The first kappa shape index (κ1) is 19.4. The number of anilines is 1. The smallest absolute Gasteiger partial charge is 0.230 e. The van der Waals surface area contributed by atoms with Crippen LogP contribution in [0.5, 0.6) is 11.5 Å². The normalized spacial score (nSPS) is 11.2. The van der Waals surface area contributed by atoms with Crippen LogP contribution in [-0.2, 0) is 11.2 Å². The largest absolute Gasteiger partial charge is 0.506 e. The minimum Gasteiger partial charge on any atom is -0.506 e. The molecule has 0 fully saturated rings. The lowest BCUT2D eigenvalue weighted by Crippen LogP contribution is -2.32. The molecule has 0 unspecified atom stereocenters. The van der Waals surface area contributed by atoms with Crippen LogP contribution in [0.1, 0.15) is 19.4 Å². The standard InChI is InChI=1S/C23H22FNO3/c1-23(2,14-15-6-4-3-5-7-15)22(28)25-19-13-17(9-11-21(19)27)16-8-10-20(26)18(24)12-16/h3-13,26-27H,14H2,1-2H3,(H,25,28). The van der Waals surface area contributed by atoms with Crippen molar-refractivity contribution in [3.63, 3.8) is 0 Å². The van der Waals surface area contributed by atoms with Crippen molar-refractivity contribution >= 4 is 11.6 Å². The molecule has 0 heterocycles. The lowest BCUT2D eigenvalue weighted by atomic mass is 9.84. The fourth-order valence-electron chi connectivity index (χ4n) is 2.98. The number of carbonyl (C=O) groups excluding carboxylic acids is 1. The van der Waals surface area contributed by atoms with Gasteiger partial charge in [0.15, 0.2) is 11.6 Å². The van der Waals surface area contributed by atoms with E-state index in [4.69, 9.17) is 0 Å². The van der Waals surface area contributed by atoms with Crippen molar-refractivity contribution in [2.75, 3.05) is 5.32 Å². The van der Waals surface area contributed by atoms with Gasteiger partial charge in [-0.15, -0.1) is 0 Å². The Labute approximate surface area is 163 Å². The van der Waals surface area contributed by atoms with Crippen LogP contribution in [0.15, 0.2) is 66.7 Å². The first-order chi connectivity index (χ1) is 13.3. The second-order valence-electron chi connectivity index (χ2n) is 7.40. The maximum Gasteiger partial charge on any atom is 0.230 e. The number of benzene rings is 3. The van der Waals surface area contributed by atoms with Crippen molar-refractivity contribution < 1.29 is 19.4 Å². The van der Waals surface area contributed by atoms with Crippen molar-refractivity contribution in [3.8, 4) is 22.6 Å². The van der Waals surface area contributed by atoms with Gasteiger partial charge in [-0.05, 0) is 47.4 Å². The molecule has 0 atom stereocenters.